The maximum Gasteiger partial charge on any atom is 0.412 e. The number of aryl methyl sites for hydroxylation is 1. The molecule has 15 heavy (non-hydrogen) atoms. The molecular weight excluding hydrogens is 253 g/mol. The maximum absolute atomic E-state index is 12.4. The zero-order valence-corrected chi connectivity index (χ0v) is 9.08. The van der Waals surface area contributed by atoms with Crippen molar-refractivity contribution in [1.29, 1.82) is 0 Å². The van der Waals surface area contributed by atoms with Gasteiger partial charge in [-0.15, -0.1) is 11.3 Å². The molecule has 1 aromatic heterocycles. The summed E-state index contributed by atoms with van der Waals surface area (Å²) in [5.74, 6) is 0. The fourth-order valence-corrected chi connectivity index (χ4v) is 2.58. The Balaban J connectivity index is 3.26. The van der Waals surface area contributed by atoms with E-state index in [0.717, 1.165) is 16.7 Å². The molecule has 0 aliphatic heterocycles. The molecule has 2 N–H and O–H groups in total. The molecule has 0 saturated carbocycles. The van der Waals surface area contributed by atoms with E-state index in [1.165, 1.54) is 6.92 Å². The summed E-state index contributed by atoms with van der Waals surface area (Å²) >= 11 is 0.934. The number of thiazole rings is 1. The van der Waals surface area contributed by atoms with Gasteiger partial charge in [-0.2, -0.15) is 13.2 Å². The van der Waals surface area contributed by atoms with Crippen molar-refractivity contribution < 1.29 is 21.6 Å². The number of hydrogen-bond acceptors (Lipinski definition) is 4. The second-order valence-electron chi connectivity index (χ2n) is 2.80. The standard InChI is InChI=1S/C6H7F3N2O2S2/c1-3-11-4(2-14-3)5(6(7,8)9)15(10,12)13/h2,5H,1H3,(H2,10,12,13). The Kier molecular flexibility index (Phi) is 3.08. The first kappa shape index (κ1) is 12.4. The molecular formula is C6H7F3N2O2S2. The van der Waals surface area contributed by atoms with Crippen LogP contribution in [-0.4, -0.2) is 19.6 Å². The monoisotopic (exact) mass is 260 g/mol. The molecule has 1 rings (SSSR count). The molecule has 4 nitrogen and oxygen atoms in total. The van der Waals surface area contributed by atoms with Crippen LogP contribution >= 0.6 is 11.3 Å². The fraction of sp³-hybridized carbons (Fsp3) is 0.500. The minimum Gasteiger partial charge on any atom is -0.245 e. The highest BCUT2D eigenvalue weighted by Gasteiger charge is 2.49. The number of sulfonamides is 1. The molecule has 0 spiro atoms. The maximum atomic E-state index is 12.4. The molecule has 1 heterocycles. The normalized spacial score (nSPS) is 15.3. The third-order valence-corrected chi connectivity index (χ3v) is 3.49. The Labute approximate surface area is 88.0 Å². The zero-order chi connectivity index (χ0) is 11.9. The van der Waals surface area contributed by atoms with Crippen molar-refractivity contribution in [1.82, 2.24) is 4.98 Å². The van der Waals surface area contributed by atoms with Gasteiger partial charge in [0.25, 0.3) is 0 Å². The highest BCUT2D eigenvalue weighted by atomic mass is 32.2. The average Bonchev–Trinajstić information content (AvgIpc) is 2.28. The SMILES string of the molecule is Cc1nc(C(C(F)(F)F)S(N)(=O)=O)cs1. The van der Waals surface area contributed by atoms with Crippen LogP contribution in [0.3, 0.4) is 0 Å². The van der Waals surface area contributed by atoms with Gasteiger partial charge in [-0.1, -0.05) is 0 Å². The van der Waals surface area contributed by atoms with E-state index in [2.05, 4.69) is 10.1 Å². The second-order valence-corrected chi connectivity index (χ2v) is 5.51. The van der Waals surface area contributed by atoms with Gasteiger partial charge in [0.2, 0.25) is 15.3 Å². The number of alkyl halides is 3. The van der Waals surface area contributed by atoms with E-state index in [9.17, 15) is 21.6 Å². The van der Waals surface area contributed by atoms with Crippen LogP contribution in [0.25, 0.3) is 0 Å². The van der Waals surface area contributed by atoms with Crippen molar-refractivity contribution in [3.8, 4) is 0 Å². The molecule has 0 amide bonds. The van der Waals surface area contributed by atoms with E-state index in [0.29, 0.717) is 5.01 Å². The van der Waals surface area contributed by atoms with Crippen LogP contribution in [0.15, 0.2) is 5.38 Å². The Morgan fingerprint density at radius 3 is 2.33 bits per heavy atom. The third-order valence-electron chi connectivity index (χ3n) is 1.53. The molecule has 86 valence electrons. The van der Waals surface area contributed by atoms with Gasteiger partial charge >= 0.3 is 6.18 Å². The molecule has 9 heteroatoms. The predicted octanol–water partition coefficient (Wildman–Crippen LogP) is 1.34. The molecule has 0 radical (unpaired) electrons. The Morgan fingerprint density at radius 2 is 2.07 bits per heavy atom. The van der Waals surface area contributed by atoms with Crippen molar-refractivity contribution in [2.75, 3.05) is 0 Å². The Hall–Kier alpha value is -0.670. The van der Waals surface area contributed by atoms with E-state index in [-0.39, 0.29) is 0 Å². The molecule has 0 saturated heterocycles. The molecule has 0 aliphatic rings. The lowest BCUT2D eigenvalue weighted by Crippen LogP contribution is -2.33. The van der Waals surface area contributed by atoms with Crippen LogP contribution in [0.1, 0.15) is 16.0 Å². The van der Waals surface area contributed by atoms with E-state index in [4.69, 9.17) is 0 Å². The van der Waals surface area contributed by atoms with Crippen LogP contribution in [0.2, 0.25) is 0 Å². The minimum absolute atomic E-state index is 0.350. The lowest BCUT2D eigenvalue weighted by molar-refractivity contribution is -0.132. The van der Waals surface area contributed by atoms with E-state index < -0.39 is 27.1 Å². The van der Waals surface area contributed by atoms with Crippen molar-refractivity contribution in [2.45, 2.75) is 18.3 Å². The molecule has 1 atom stereocenters. The summed E-state index contributed by atoms with van der Waals surface area (Å²) in [5, 5.41) is 3.17. The molecule has 0 aliphatic carbocycles. The summed E-state index contributed by atoms with van der Waals surface area (Å²) in [6.07, 6.45) is -4.95. The van der Waals surface area contributed by atoms with Crippen LogP contribution in [0.5, 0.6) is 0 Å². The van der Waals surface area contributed by atoms with Gasteiger partial charge in [-0.25, -0.2) is 18.5 Å². The van der Waals surface area contributed by atoms with Gasteiger partial charge in [0.05, 0.1) is 10.7 Å². The van der Waals surface area contributed by atoms with E-state index in [1.807, 2.05) is 0 Å². The lowest BCUT2D eigenvalue weighted by atomic mass is 10.3. The highest BCUT2D eigenvalue weighted by molar-refractivity contribution is 7.89. The molecule has 0 bridgehead atoms. The van der Waals surface area contributed by atoms with Gasteiger partial charge in [-0.05, 0) is 6.92 Å². The number of aromatic nitrogens is 1. The van der Waals surface area contributed by atoms with Crippen LogP contribution in [0.4, 0.5) is 13.2 Å². The smallest absolute Gasteiger partial charge is 0.245 e. The quantitative estimate of drug-likeness (QED) is 0.872. The highest BCUT2D eigenvalue weighted by Crippen LogP contribution is 2.37. The summed E-state index contributed by atoms with van der Waals surface area (Å²) in [5.41, 5.74) is -0.576. The van der Waals surface area contributed by atoms with Gasteiger partial charge in [0.1, 0.15) is 0 Å². The van der Waals surface area contributed by atoms with Crippen LogP contribution in [0, 0.1) is 6.92 Å². The summed E-state index contributed by atoms with van der Waals surface area (Å²) in [6.45, 7) is 1.48. The predicted molar refractivity (Wildman–Crippen MR) is 48.8 cm³/mol. The molecule has 1 aromatic rings. The number of rotatable bonds is 2. The molecule has 0 aromatic carbocycles. The Bertz CT molecular complexity index is 451. The number of hydrogen-bond donors (Lipinski definition) is 1. The van der Waals surface area contributed by atoms with Gasteiger partial charge < -0.3 is 0 Å². The zero-order valence-electron chi connectivity index (χ0n) is 7.45. The minimum atomic E-state index is -4.95. The third kappa shape index (κ3) is 2.89. The number of halogens is 3. The first-order chi connectivity index (χ1) is 6.62. The Morgan fingerprint density at radius 1 is 1.53 bits per heavy atom. The van der Waals surface area contributed by atoms with Gasteiger partial charge in [0, 0.05) is 5.38 Å². The van der Waals surface area contributed by atoms with Crippen LogP contribution in [-0.2, 0) is 10.0 Å². The van der Waals surface area contributed by atoms with Crippen molar-refractivity contribution in [3.63, 3.8) is 0 Å². The average molecular weight is 260 g/mol. The second kappa shape index (κ2) is 3.72. The first-order valence-corrected chi connectivity index (χ1v) is 6.11. The van der Waals surface area contributed by atoms with Crippen molar-refractivity contribution in [2.24, 2.45) is 5.14 Å². The van der Waals surface area contributed by atoms with Gasteiger partial charge in [-0.3, -0.25) is 0 Å². The summed E-state index contributed by atoms with van der Waals surface area (Å²) in [6, 6.07) is 0. The topological polar surface area (TPSA) is 73.0 Å². The first-order valence-electron chi connectivity index (χ1n) is 3.62. The lowest BCUT2D eigenvalue weighted by Gasteiger charge is -2.15. The number of nitrogens with two attached hydrogens (primary N) is 1. The van der Waals surface area contributed by atoms with E-state index >= 15 is 0 Å². The summed E-state index contributed by atoms with van der Waals surface area (Å²) < 4.78 is 58.9. The van der Waals surface area contributed by atoms with Crippen molar-refractivity contribution >= 4 is 21.4 Å². The van der Waals surface area contributed by atoms with Gasteiger partial charge in [0.15, 0.2) is 0 Å². The fourth-order valence-electron chi connectivity index (χ4n) is 1.02. The largest absolute Gasteiger partial charge is 0.412 e. The van der Waals surface area contributed by atoms with Crippen molar-refractivity contribution in [3.05, 3.63) is 16.1 Å². The van der Waals surface area contributed by atoms with E-state index in [1.54, 1.807) is 0 Å². The molecule has 0 fully saturated rings. The van der Waals surface area contributed by atoms with Crippen LogP contribution < -0.4 is 5.14 Å². The molecule has 1 unspecified atom stereocenters. The number of nitrogens with zero attached hydrogens (tertiary/aromatic N) is 1. The number of primary sulfonamides is 1. The summed E-state index contributed by atoms with van der Waals surface area (Å²) in [4.78, 5) is 3.48. The summed E-state index contributed by atoms with van der Waals surface area (Å²) in [7, 11) is -4.74.